The number of hydrogen-bond acceptors (Lipinski definition) is 2. The highest BCUT2D eigenvalue weighted by Crippen LogP contribution is 2.39. The van der Waals surface area contributed by atoms with Crippen LogP contribution in [0.5, 0.6) is 0 Å². The molecule has 0 fully saturated rings. The van der Waals surface area contributed by atoms with E-state index in [2.05, 4.69) is 52.0 Å². The van der Waals surface area contributed by atoms with Gasteiger partial charge in [-0.05, 0) is 52.6 Å². The van der Waals surface area contributed by atoms with Gasteiger partial charge in [0, 0.05) is 11.4 Å². The fraction of sp³-hybridized carbons (Fsp3) is 0.368. The molecule has 0 heterocycles. The Morgan fingerprint density at radius 2 is 0.905 bits per heavy atom. The third kappa shape index (κ3) is 3.57. The summed E-state index contributed by atoms with van der Waals surface area (Å²) in [5, 5.41) is 0. The van der Waals surface area contributed by atoms with Crippen molar-refractivity contribution in [2.75, 3.05) is 11.5 Å². The van der Waals surface area contributed by atoms with Crippen molar-refractivity contribution in [3.8, 4) is 0 Å². The van der Waals surface area contributed by atoms with E-state index in [4.69, 9.17) is 11.5 Å². The van der Waals surface area contributed by atoms with Crippen LogP contribution in [0.2, 0.25) is 0 Å². The molecular formula is C19H26N2. The zero-order valence-corrected chi connectivity index (χ0v) is 13.5. The highest BCUT2D eigenvalue weighted by atomic mass is 14.5. The average Bonchev–Trinajstić information content (AvgIpc) is 2.38. The third-order valence-corrected chi connectivity index (χ3v) is 4.27. The summed E-state index contributed by atoms with van der Waals surface area (Å²) >= 11 is 0. The van der Waals surface area contributed by atoms with Crippen LogP contribution in [-0.4, -0.2) is 0 Å². The molecule has 0 aliphatic rings. The second kappa shape index (κ2) is 5.44. The van der Waals surface area contributed by atoms with Crippen LogP contribution in [0.15, 0.2) is 48.5 Å². The van der Waals surface area contributed by atoms with E-state index in [0.717, 1.165) is 17.8 Å². The Kier molecular flexibility index (Phi) is 3.99. The van der Waals surface area contributed by atoms with E-state index in [1.54, 1.807) is 0 Å². The zero-order chi connectivity index (χ0) is 15.7. The molecule has 0 aromatic heterocycles. The molecule has 0 atom stereocenters. The first-order chi connectivity index (χ1) is 9.71. The van der Waals surface area contributed by atoms with Gasteiger partial charge in [-0.3, -0.25) is 0 Å². The van der Waals surface area contributed by atoms with Crippen molar-refractivity contribution in [1.82, 2.24) is 0 Å². The molecule has 0 radical (unpaired) electrons. The van der Waals surface area contributed by atoms with Gasteiger partial charge in [0.15, 0.2) is 0 Å². The second-order valence-electron chi connectivity index (χ2n) is 7.19. The number of benzene rings is 2. The number of anilines is 2. The van der Waals surface area contributed by atoms with Gasteiger partial charge < -0.3 is 11.5 Å². The lowest BCUT2D eigenvalue weighted by atomic mass is 9.68. The molecule has 0 aliphatic heterocycles. The molecule has 0 unspecified atom stereocenters. The van der Waals surface area contributed by atoms with Gasteiger partial charge in [-0.15, -0.1) is 0 Å². The molecule has 2 aromatic carbocycles. The molecule has 2 rings (SSSR count). The van der Waals surface area contributed by atoms with Crippen LogP contribution >= 0.6 is 0 Å². The monoisotopic (exact) mass is 282 g/mol. The Hall–Kier alpha value is -1.96. The van der Waals surface area contributed by atoms with Gasteiger partial charge in [0.2, 0.25) is 0 Å². The highest BCUT2D eigenvalue weighted by molar-refractivity contribution is 5.43. The molecular weight excluding hydrogens is 256 g/mol. The largest absolute Gasteiger partial charge is 0.399 e. The molecule has 0 saturated heterocycles. The van der Waals surface area contributed by atoms with Crippen LogP contribution in [0.1, 0.15) is 45.2 Å². The Labute approximate surface area is 128 Å². The summed E-state index contributed by atoms with van der Waals surface area (Å²) in [6, 6.07) is 16.5. The summed E-state index contributed by atoms with van der Waals surface area (Å²) in [6.45, 7) is 9.16. The van der Waals surface area contributed by atoms with Crippen LogP contribution in [0, 0.1) is 0 Å². The maximum Gasteiger partial charge on any atom is 0.0314 e. The van der Waals surface area contributed by atoms with Crippen molar-refractivity contribution < 1.29 is 0 Å². The van der Waals surface area contributed by atoms with Crippen LogP contribution in [0.4, 0.5) is 11.4 Å². The minimum Gasteiger partial charge on any atom is -0.399 e. The fourth-order valence-electron chi connectivity index (χ4n) is 3.18. The second-order valence-corrected chi connectivity index (χ2v) is 7.19. The number of nitrogens with two attached hydrogens (primary N) is 2. The Morgan fingerprint density at radius 3 is 1.19 bits per heavy atom. The predicted octanol–water partition coefficient (Wildman–Crippen LogP) is 4.50. The minimum atomic E-state index is 0.0819. The van der Waals surface area contributed by atoms with Crippen LogP contribution in [-0.2, 0) is 10.8 Å². The molecule has 0 bridgehead atoms. The van der Waals surface area contributed by atoms with E-state index >= 15 is 0 Å². The molecule has 112 valence electrons. The van der Waals surface area contributed by atoms with Gasteiger partial charge in [0.25, 0.3) is 0 Å². The number of nitrogen functional groups attached to an aromatic ring is 2. The Bertz CT molecular complexity index is 537. The SMILES string of the molecule is CC(C)(CC(C)(C)c1ccc(N)cc1)c1ccc(N)cc1. The smallest absolute Gasteiger partial charge is 0.0314 e. The summed E-state index contributed by atoms with van der Waals surface area (Å²) in [5.74, 6) is 0. The molecule has 21 heavy (non-hydrogen) atoms. The lowest BCUT2D eigenvalue weighted by Crippen LogP contribution is -2.29. The first kappa shape index (κ1) is 15.4. The summed E-state index contributed by atoms with van der Waals surface area (Å²) < 4.78 is 0. The molecule has 0 amide bonds. The van der Waals surface area contributed by atoms with Gasteiger partial charge in [-0.2, -0.15) is 0 Å². The van der Waals surface area contributed by atoms with Crippen molar-refractivity contribution in [2.24, 2.45) is 0 Å². The molecule has 2 nitrogen and oxygen atoms in total. The topological polar surface area (TPSA) is 52.0 Å². The zero-order valence-electron chi connectivity index (χ0n) is 13.5. The van der Waals surface area contributed by atoms with Gasteiger partial charge >= 0.3 is 0 Å². The summed E-state index contributed by atoms with van der Waals surface area (Å²) in [6.07, 6.45) is 1.05. The molecule has 0 spiro atoms. The van der Waals surface area contributed by atoms with E-state index < -0.39 is 0 Å². The van der Waals surface area contributed by atoms with Gasteiger partial charge in [0.1, 0.15) is 0 Å². The normalized spacial score (nSPS) is 12.4. The highest BCUT2D eigenvalue weighted by Gasteiger charge is 2.31. The van der Waals surface area contributed by atoms with Crippen molar-refractivity contribution in [3.63, 3.8) is 0 Å². The third-order valence-electron chi connectivity index (χ3n) is 4.27. The molecule has 4 N–H and O–H groups in total. The number of rotatable bonds is 4. The van der Waals surface area contributed by atoms with Crippen molar-refractivity contribution in [2.45, 2.75) is 44.9 Å². The van der Waals surface area contributed by atoms with Gasteiger partial charge in [-0.25, -0.2) is 0 Å². The molecule has 0 aliphatic carbocycles. The predicted molar refractivity (Wildman–Crippen MR) is 92.4 cm³/mol. The number of hydrogen-bond donors (Lipinski definition) is 2. The Morgan fingerprint density at radius 1 is 0.619 bits per heavy atom. The lowest BCUT2D eigenvalue weighted by molar-refractivity contribution is 0.349. The summed E-state index contributed by atoms with van der Waals surface area (Å²) in [4.78, 5) is 0. The summed E-state index contributed by atoms with van der Waals surface area (Å²) in [5.41, 5.74) is 16.0. The van der Waals surface area contributed by atoms with Gasteiger partial charge in [0.05, 0.1) is 0 Å². The van der Waals surface area contributed by atoms with E-state index in [1.807, 2.05) is 24.3 Å². The summed E-state index contributed by atoms with van der Waals surface area (Å²) in [7, 11) is 0. The lowest BCUT2D eigenvalue weighted by Gasteiger charge is -2.36. The van der Waals surface area contributed by atoms with Crippen molar-refractivity contribution in [1.29, 1.82) is 0 Å². The van der Waals surface area contributed by atoms with Crippen LogP contribution in [0.25, 0.3) is 0 Å². The molecule has 0 saturated carbocycles. The van der Waals surface area contributed by atoms with E-state index in [0.29, 0.717) is 0 Å². The Balaban J connectivity index is 2.25. The average molecular weight is 282 g/mol. The first-order valence-electron chi connectivity index (χ1n) is 7.43. The fourth-order valence-corrected chi connectivity index (χ4v) is 3.18. The minimum absolute atomic E-state index is 0.0819. The first-order valence-corrected chi connectivity index (χ1v) is 7.43. The van der Waals surface area contributed by atoms with Gasteiger partial charge in [-0.1, -0.05) is 52.0 Å². The van der Waals surface area contributed by atoms with Crippen LogP contribution < -0.4 is 11.5 Å². The van der Waals surface area contributed by atoms with Crippen molar-refractivity contribution >= 4 is 11.4 Å². The molecule has 2 aromatic rings. The maximum absolute atomic E-state index is 5.79. The quantitative estimate of drug-likeness (QED) is 0.811. The van der Waals surface area contributed by atoms with E-state index in [9.17, 15) is 0 Å². The van der Waals surface area contributed by atoms with Crippen molar-refractivity contribution in [3.05, 3.63) is 59.7 Å². The van der Waals surface area contributed by atoms with E-state index in [1.165, 1.54) is 11.1 Å². The van der Waals surface area contributed by atoms with Crippen LogP contribution in [0.3, 0.4) is 0 Å². The standard InChI is InChI=1S/C19H26N2/c1-18(2,14-5-9-16(20)10-6-14)13-19(3,4)15-7-11-17(21)12-8-15/h5-12H,13,20-21H2,1-4H3. The molecule has 2 heteroatoms. The van der Waals surface area contributed by atoms with E-state index in [-0.39, 0.29) is 10.8 Å². The maximum atomic E-state index is 5.79.